The van der Waals surface area contributed by atoms with Crippen LogP contribution in [0.2, 0.25) is 5.02 Å². The first-order chi connectivity index (χ1) is 16.3. The highest BCUT2D eigenvalue weighted by atomic mass is 35.5. The first kappa shape index (κ1) is 23.1. The Hall–Kier alpha value is -2.63. The number of pyridine rings is 1. The number of phenolic OH excluding ortho intramolecular Hbond substituents is 1. The molecule has 2 aliphatic rings. The van der Waals surface area contributed by atoms with Crippen LogP contribution in [0.1, 0.15) is 48.9 Å². The summed E-state index contributed by atoms with van der Waals surface area (Å²) in [5, 5.41) is 11.2. The van der Waals surface area contributed by atoms with Gasteiger partial charge in [-0.1, -0.05) is 23.7 Å². The molecular weight excluding hydrogens is 446 g/mol. The Kier molecular flexibility index (Phi) is 6.26. The van der Waals surface area contributed by atoms with Crippen molar-refractivity contribution in [1.29, 1.82) is 0 Å². The molecule has 0 atom stereocenters. The third kappa shape index (κ3) is 4.39. The molecule has 1 aromatic heterocycles. The van der Waals surface area contributed by atoms with E-state index >= 15 is 0 Å². The summed E-state index contributed by atoms with van der Waals surface area (Å²) in [7, 11) is 6.46. The van der Waals surface area contributed by atoms with Gasteiger partial charge >= 0.3 is 0 Å². The van der Waals surface area contributed by atoms with Crippen molar-refractivity contribution in [3.63, 3.8) is 0 Å². The predicted molar refractivity (Wildman–Crippen MR) is 139 cm³/mol. The topological polar surface area (TPSA) is 56.7 Å². The molecular formula is C28H32ClN3O2. The number of carbonyl (C=O) groups excluding carboxylic acids is 1. The van der Waals surface area contributed by atoms with E-state index in [0.29, 0.717) is 17.1 Å². The molecule has 2 saturated carbocycles. The highest BCUT2D eigenvalue weighted by Gasteiger charge is 2.35. The Morgan fingerprint density at radius 3 is 2.24 bits per heavy atom. The fourth-order valence-electron chi connectivity index (χ4n) is 5.31. The first-order valence-corrected chi connectivity index (χ1v) is 12.6. The molecule has 0 aliphatic heterocycles. The average Bonchev–Trinajstić information content (AvgIpc) is 3.69. The third-order valence-electron chi connectivity index (χ3n) is 7.63. The molecule has 34 heavy (non-hydrogen) atoms. The van der Waals surface area contributed by atoms with Crippen LogP contribution in [0.5, 0.6) is 5.75 Å². The van der Waals surface area contributed by atoms with Gasteiger partial charge in [-0.15, -0.1) is 0 Å². The van der Waals surface area contributed by atoms with Crippen LogP contribution in [0.3, 0.4) is 0 Å². The summed E-state index contributed by atoms with van der Waals surface area (Å²) < 4.78 is 0. The van der Waals surface area contributed by atoms with Crippen molar-refractivity contribution in [3.8, 4) is 16.9 Å². The van der Waals surface area contributed by atoms with Crippen molar-refractivity contribution >= 4 is 34.0 Å². The number of carbonyl (C=O) groups is 1. The maximum atomic E-state index is 13.3. The molecule has 0 spiro atoms. The molecule has 5 rings (SSSR count). The fourth-order valence-corrected chi connectivity index (χ4v) is 5.50. The van der Waals surface area contributed by atoms with Gasteiger partial charge in [-0.05, 0) is 88.0 Å². The zero-order valence-corrected chi connectivity index (χ0v) is 20.8. The van der Waals surface area contributed by atoms with Crippen LogP contribution in [0.4, 0.5) is 5.69 Å². The Labute approximate surface area is 206 Å². The highest BCUT2D eigenvalue weighted by molar-refractivity contribution is 6.32. The minimum Gasteiger partial charge on any atom is -0.506 e. The minimum atomic E-state index is 0.0685. The van der Waals surface area contributed by atoms with E-state index in [2.05, 4.69) is 42.0 Å². The molecule has 5 nitrogen and oxygen atoms in total. The standard InChI is InChI=1S/C28H32ClN3O2/c1-31(2)20-8-10-21(11-9-20)32(3)27-22-14-18(19-7-13-26(33)24(29)15-19)6-12-25(22)30-16-23(27)28(34)17-4-5-17/h6-7,12-17,20-21,33H,4-5,8-11H2,1-3H3. The third-order valence-corrected chi connectivity index (χ3v) is 7.93. The molecule has 2 fully saturated rings. The van der Waals surface area contributed by atoms with Crippen molar-refractivity contribution in [2.24, 2.45) is 5.92 Å². The van der Waals surface area contributed by atoms with Crippen LogP contribution in [0.25, 0.3) is 22.0 Å². The number of Topliss-reactive ketones (excluding diaryl/α,β-unsaturated/α-hetero) is 1. The highest BCUT2D eigenvalue weighted by Crippen LogP contribution is 2.41. The Morgan fingerprint density at radius 2 is 1.59 bits per heavy atom. The van der Waals surface area contributed by atoms with Gasteiger partial charge in [0.2, 0.25) is 0 Å². The second-order valence-corrected chi connectivity index (χ2v) is 10.5. The number of nitrogens with zero attached hydrogens (tertiary/aromatic N) is 3. The van der Waals surface area contributed by atoms with E-state index in [1.807, 2.05) is 18.2 Å². The van der Waals surface area contributed by atoms with Crippen molar-refractivity contribution in [1.82, 2.24) is 9.88 Å². The quantitative estimate of drug-likeness (QED) is 0.431. The average molecular weight is 478 g/mol. The van der Waals surface area contributed by atoms with Crippen molar-refractivity contribution in [3.05, 3.63) is 53.2 Å². The lowest BCUT2D eigenvalue weighted by atomic mass is 9.88. The second kappa shape index (κ2) is 9.20. The van der Waals surface area contributed by atoms with Gasteiger partial charge < -0.3 is 14.9 Å². The van der Waals surface area contributed by atoms with Gasteiger partial charge in [0.15, 0.2) is 5.78 Å². The number of hydrogen-bond donors (Lipinski definition) is 1. The maximum Gasteiger partial charge on any atom is 0.169 e. The molecule has 0 unspecified atom stereocenters. The lowest BCUT2D eigenvalue weighted by molar-refractivity contribution is 0.0967. The molecule has 1 heterocycles. The van der Waals surface area contributed by atoms with Crippen molar-refractivity contribution in [2.45, 2.75) is 50.6 Å². The van der Waals surface area contributed by atoms with Crippen LogP contribution in [0.15, 0.2) is 42.6 Å². The van der Waals surface area contributed by atoms with Gasteiger partial charge in [-0.25, -0.2) is 0 Å². The first-order valence-electron chi connectivity index (χ1n) is 12.2. The van der Waals surface area contributed by atoms with E-state index in [4.69, 9.17) is 11.6 Å². The Balaban J connectivity index is 1.59. The predicted octanol–water partition coefficient (Wildman–Crippen LogP) is 6.16. The fraction of sp³-hybridized carbons (Fsp3) is 0.429. The number of fused-ring (bicyclic) bond motifs is 1. The Morgan fingerprint density at radius 1 is 0.941 bits per heavy atom. The van der Waals surface area contributed by atoms with Gasteiger partial charge in [-0.3, -0.25) is 9.78 Å². The lowest BCUT2D eigenvalue weighted by Crippen LogP contribution is -2.41. The van der Waals surface area contributed by atoms with E-state index < -0.39 is 0 Å². The van der Waals surface area contributed by atoms with E-state index in [-0.39, 0.29) is 17.5 Å². The van der Waals surface area contributed by atoms with Crippen molar-refractivity contribution in [2.75, 3.05) is 26.0 Å². The van der Waals surface area contributed by atoms with Gasteiger partial charge in [0, 0.05) is 36.6 Å². The molecule has 0 amide bonds. The summed E-state index contributed by atoms with van der Waals surface area (Å²) in [6.07, 6.45) is 8.26. The monoisotopic (exact) mass is 477 g/mol. The lowest BCUT2D eigenvalue weighted by Gasteiger charge is -2.39. The van der Waals surface area contributed by atoms with Gasteiger partial charge in [-0.2, -0.15) is 0 Å². The van der Waals surface area contributed by atoms with Crippen LogP contribution in [-0.4, -0.2) is 54.0 Å². The van der Waals surface area contributed by atoms with E-state index in [1.165, 1.54) is 0 Å². The smallest absolute Gasteiger partial charge is 0.169 e. The summed E-state index contributed by atoms with van der Waals surface area (Å²) in [6.45, 7) is 0. The van der Waals surface area contributed by atoms with E-state index in [9.17, 15) is 9.90 Å². The summed E-state index contributed by atoms with van der Waals surface area (Å²) in [6, 6.07) is 12.4. The number of aromatic hydroxyl groups is 1. The van der Waals surface area contributed by atoms with Crippen molar-refractivity contribution < 1.29 is 9.90 Å². The summed E-state index contributed by atoms with van der Waals surface area (Å²) in [5.74, 6) is 0.421. The van der Waals surface area contributed by atoms with Gasteiger partial charge in [0.1, 0.15) is 5.75 Å². The number of halogens is 1. The van der Waals surface area contributed by atoms with Crippen LogP contribution in [0, 0.1) is 5.92 Å². The number of phenols is 1. The molecule has 0 saturated heterocycles. The normalized spacial score (nSPS) is 20.6. The molecule has 3 aromatic rings. The number of benzene rings is 2. The zero-order chi connectivity index (χ0) is 24.0. The molecule has 178 valence electrons. The maximum absolute atomic E-state index is 13.3. The summed E-state index contributed by atoms with van der Waals surface area (Å²) in [5.41, 5.74) is 4.53. The van der Waals surface area contributed by atoms with Gasteiger partial charge in [0.25, 0.3) is 0 Å². The number of hydrogen-bond acceptors (Lipinski definition) is 5. The number of rotatable bonds is 6. The van der Waals surface area contributed by atoms with Gasteiger partial charge in [0.05, 0.1) is 21.8 Å². The van der Waals surface area contributed by atoms with E-state index in [1.54, 1.807) is 18.3 Å². The molecule has 2 aromatic carbocycles. The zero-order valence-electron chi connectivity index (χ0n) is 20.1. The number of aromatic nitrogens is 1. The SMILES string of the molecule is CN(C)C1CCC(N(C)c2c(C(=O)C3CC3)cnc3ccc(-c4ccc(O)c(Cl)c4)cc23)CC1. The molecule has 2 aliphatic carbocycles. The van der Waals surface area contributed by atoms with E-state index in [0.717, 1.165) is 71.8 Å². The largest absolute Gasteiger partial charge is 0.506 e. The minimum absolute atomic E-state index is 0.0685. The Bertz CT molecular complexity index is 1230. The van der Waals surface area contributed by atoms with Crippen LogP contribution < -0.4 is 4.90 Å². The van der Waals surface area contributed by atoms with Crippen LogP contribution >= 0.6 is 11.6 Å². The number of ketones is 1. The summed E-state index contributed by atoms with van der Waals surface area (Å²) in [4.78, 5) is 22.7. The molecule has 1 N–H and O–H groups in total. The van der Waals surface area contributed by atoms with Crippen LogP contribution in [-0.2, 0) is 0 Å². The second-order valence-electron chi connectivity index (χ2n) is 10.1. The number of anilines is 1. The molecule has 0 bridgehead atoms. The molecule has 0 radical (unpaired) electrons. The summed E-state index contributed by atoms with van der Waals surface area (Å²) >= 11 is 6.19. The molecule has 6 heteroatoms.